The van der Waals surface area contributed by atoms with Gasteiger partial charge in [-0.25, -0.2) is 17.1 Å². The Labute approximate surface area is 93.5 Å². The molecule has 15 heavy (non-hydrogen) atoms. The molecule has 0 aromatic heterocycles. The average molecular weight is 252 g/mol. The monoisotopic (exact) mass is 251 g/mol. The van der Waals surface area contributed by atoms with Crippen LogP contribution in [0.3, 0.4) is 0 Å². The van der Waals surface area contributed by atoms with Gasteiger partial charge < -0.3 is 0 Å². The van der Waals surface area contributed by atoms with Crippen LogP contribution in [-0.2, 0) is 15.9 Å². The summed E-state index contributed by atoms with van der Waals surface area (Å²) in [7, 11) is -1.01. The first kappa shape index (κ1) is 12.4. The van der Waals surface area contributed by atoms with E-state index >= 15 is 0 Å². The quantitative estimate of drug-likeness (QED) is 0.769. The molecular formula is C9H11ClFNO2S. The van der Waals surface area contributed by atoms with Gasteiger partial charge in [-0.2, -0.15) is 0 Å². The van der Waals surface area contributed by atoms with E-state index in [2.05, 4.69) is 0 Å². The van der Waals surface area contributed by atoms with E-state index in [1.165, 1.54) is 26.2 Å². The minimum absolute atomic E-state index is 0.152. The lowest BCUT2D eigenvalue weighted by Gasteiger charge is -2.12. The highest BCUT2D eigenvalue weighted by atomic mass is 35.5. The van der Waals surface area contributed by atoms with E-state index in [1.807, 2.05) is 0 Å². The Morgan fingerprint density at radius 2 is 2.00 bits per heavy atom. The molecule has 0 aliphatic heterocycles. The molecule has 0 radical (unpaired) electrons. The van der Waals surface area contributed by atoms with Crippen molar-refractivity contribution in [3.05, 3.63) is 29.6 Å². The standard InChI is InChI=1S/C9H11ClFNO2S/c1-12(2)15(13,14)9-4-3-7(6-10)5-8(9)11/h3-5H,6H2,1-2H3. The third-order valence-corrected chi connectivity index (χ3v) is 4.07. The first-order valence-corrected chi connectivity index (χ1v) is 6.14. The summed E-state index contributed by atoms with van der Waals surface area (Å²) in [5.74, 6) is -0.624. The van der Waals surface area contributed by atoms with Crippen LogP contribution in [0.1, 0.15) is 5.56 Å². The highest BCUT2D eigenvalue weighted by Crippen LogP contribution is 2.19. The fraction of sp³-hybridized carbons (Fsp3) is 0.333. The molecule has 0 amide bonds. The third-order valence-electron chi connectivity index (χ3n) is 1.91. The summed E-state index contributed by atoms with van der Waals surface area (Å²) in [5, 5.41) is 0. The first-order valence-electron chi connectivity index (χ1n) is 4.16. The molecule has 0 N–H and O–H groups in total. The summed E-state index contributed by atoms with van der Waals surface area (Å²) in [6, 6.07) is 3.85. The molecule has 0 spiro atoms. The average Bonchev–Trinajstić information content (AvgIpc) is 2.16. The first-order chi connectivity index (χ1) is 6.89. The van der Waals surface area contributed by atoms with Crippen molar-refractivity contribution in [1.29, 1.82) is 0 Å². The SMILES string of the molecule is CN(C)S(=O)(=O)c1ccc(CCl)cc1F. The van der Waals surface area contributed by atoms with Gasteiger partial charge in [0.1, 0.15) is 10.7 Å². The van der Waals surface area contributed by atoms with Gasteiger partial charge in [-0.05, 0) is 17.7 Å². The molecule has 84 valence electrons. The van der Waals surface area contributed by atoms with Gasteiger partial charge in [-0.3, -0.25) is 0 Å². The molecule has 0 bridgehead atoms. The summed E-state index contributed by atoms with van der Waals surface area (Å²) >= 11 is 5.50. The van der Waals surface area contributed by atoms with Gasteiger partial charge in [-0.1, -0.05) is 6.07 Å². The molecule has 0 heterocycles. The fourth-order valence-corrected chi connectivity index (χ4v) is 2.14. The lowest BCUT2D eigenvalue weighted by atomic mass is 10.2. The van der Waals surface area contributed by atoms with Gasteiger partial charge in [0.05, 0.1) is 0 Å². The zero-order valence-electron chi connectivity index (χ0n) is 8.37. The molecule has 0 atom stereocenters. The Balaban J connectivity index is 3.29. The van der Waals surface area contributed by atoms with Crippen molar-refractivity contribution in [2.45, 2.75) is 10.8 Å². The van der Waals surface area contributed by atoms with Crippen LogP contribution >= 0.6 is 11.6 Å². The van der Waals surface area contributed by atoms with Gasteiger partial charge >= 0.3 is 0 Å². The molecule has 0 unspecified atom stereocenters. The van der Waals surface area contributed by atoms with Gasteiger partial charge in [0, 0.05) is 20.0 Å². The number of hydrogen-bond acceptors (Lipinski definition) is 2. The van der Waals surface area contributed by atoms with E-state index in [4.69, 9.17) is 11.6 Å². The fourth-order valence-electron chi connectivity index (χ4n) is 1.03. The molecule has 1 aromatic rings. The normalized spacial score (nSPS) is 12.1. The Hall–Kier alpha value is -0.650. The molecule has 1 rings (SSSR count). The van der Waals surface area contributed by atoms with Crippen molar-refractivity contribution in [2.24, 2.45) is 0 Å². The van der Waals surface area contributed by atoms with E-state index in [0.29, 0.717) is 5.56 Å². The largest absolute Gasteiger partial charge is 0.245 e. The van der Waals surface area contributed by atoms with Crippen molar-refractivity contribution >= 4 is 21.6 Å². The van der Waals surface area contributed by atoms with Crippen molar-refractivity contribution in [1.82, 2.24) is 4.31 Å². The second kappa shape index (κ2) is 4.47. The highest BCUT2D eigenvalue weighted by Gasteiger charge is 2.21. The minimum atomic E-state index is -3.72. The maximum Gasteiger partial charge on any atom is 0.245 e. The Bertz CT molecular complexity index is 459. The Morgan fingerprint density at radius 1 is 1.40 bits per heavy atom. The van der Waals surface area contributed by atoms with Crippen molar-refractivity contribution in [3.8, 4) is 0 Å². The molecule has 1 aromatic carbocycles. The second-order valence-electron chi connectivity index (χ2n) is 3.19. The van der Waals surface area contributed by atoms with Gasteiger partial charge in [0.25, 0.3) is 0 Å². The topological polar surface area (TPSA) is 37.4 Å². The van der Waals surface area contributed by atoms with Crippen LogP contribution in [0.5, 0.6) is 0 Å². The predicted octanol–water partition coefficient (Wildman–Crippen LogP) is 1.81. The van der Waals surface area contributed by atoms with Crippen molar-refractivity contribution in [2.75, 3.05) is 14.1 Å². The highest BCUT2D eigenvalue weighted by molar-refractivity contribution is 7.89. The number of sulfonamides is 1. The number of benzene rings is 1. The molecule has 6 heteroatoms. The summed E-state index contributed by atoms with van der Waals surface area (Å²) < 4.78 is 37.6. The lowest BCUT2D eigenvalue weighted by molar-refractivity contribution is 0.507. The zero-order valence-corrected chi connectivity index (χ0v) is 9.94. The number of halogens is 2. The molecule has 3 nitrogen and oxygen atoms in total. The summed E-state index contributed by atoms with van der Waals surface area (Å²) in [5.41, 5.74) is 0.548. The molecule has 0 saturated heterocycles. The van der Waals surface area contributed by atoms with E-state index in [9.17, 15) is 12.8 Å². The van der Waals surface area contributed by atoms with Gasteiger partial charge in [0.2, 0.25) is 10.0 Å². The van der Waals surface area contributed by atoms with Crippen molar-refractivity contribution in [3.63, 3.8) is 0 Å². The van der Waals surface area contributed by atoms with Crippen LogP contribution in [0.25, 0.3) is 0 Å². The molecule has 0 saturated carbocycles. The van der Waals surface area contributed by atoms with Crippen LogP contribution in [0.2, 0.25) is 0 Å². The summed E-state index contributed by atoms with van der Waals surface area (Å²) in [4.78, 5) is -0.332. The third kappa shape index (κ3) is 2.48. The molecular weight excluding hydrogens is 241 g/mol. The van der Waals surface area contributed by atoms with Gasteiger partial charge in [0.15, 0.2) is 0 Å². The number of hydrogen-bond donors (Lipinski definition) is 0. The van der Waals surface area contributed by atoms with E-state index in [0.717, 1.165) is 10.4 Å². The van der Waals surface area contributed by atoms with Crippen LogP contribution in [0.4, 0.5) is 4.39 Å². The molecule has 0 fully saturated rings. The Kier molecular flexibility index (Phi) is 3.70. The van der Waals surface area contributed by atoms with Crippen molar-refractivity contribution < 1.29 is 12.8 Å². The van der Waals surface area contributed by atoms with Crippen LogP contribution in [-0.4, -0.2) is 26.8 Å². The summed E-state index contributed by atoms with van der Waals surface area (Å²) in [6.07, 6.45) is 0. The maximum atomic E-state index is 13.4. The lowest BCUT2D eigenvalue weighted by Crippen LogP contribution is -2.23. The summed E-state index contributed by atoms with van der Waals surface area (Å²) in [6.45, 7) is 0. The van der Waals surface area contributed by atoms with Crippen LogP contribution < -0.4 is 0 Å². The number of alkyl halides is 1. The van der Waals surface area contributed by atoms with E-state index in [-0.39, 0.29) is 10.8 Å². The Morgan fingerprint density at radius 3 is 2.40 bits per heavy atom. The van der Waals surface area contributed by atoms with Gasteiger partial charge in [-0.15, -0.1) is 11.6 Å². The number of nitrogens with zero attached hydrogens (tertiary/aromatic N) is 1. The number of rotatable bonds is 3. The van der Waals surface area contributed by atoms with Crippen LogP contribution in [0.15, 0.2) is 23.1 Å². The van der Waals surface area contributed by atoms with Crippen LogP contribution in [0, 0.1) is 5.82 Å². The van der Waals surface area contributed by atoms with E-state index < -0.39 is 15.8 Å². The second-order valence-corrected chi connectivity index (χ2v) is 5.57. The maximum absolute atomic E-state index is 13.4. The minimum Gasteiger partial charge on any atom is -0.207 e. The molecule has 0 aliphatic rings. The molecule has 0 aliphatic carbocycles. The zero-order chi connectivity index (χ0) is 11.6. The predicted molar refractivity (Wildman–Crippen MR) is 56.8 cm³/mol. The van der Waals surface area contributed by atoms with E-state index in [1.54, 1.807) is 0 Å². The smallest absolute Gasteiger partial charge is 0.207 e.